The Morgan fingerprint density at radius 3 is 2.88 bits per heavy atom. The average Bonchev–Trinajstić information content (AvgIpc) is 2.33. The monoisotopic (exact) mass is 214 g/mol. The molecule has 4 heteroatoms. The minimum absolute atomic E-state index is 0.173. The van der Waals surface area contributed by atoms with E-state index in [4.69, 9.17) is 0 Å². The number of pyridine rings is 2. The minimum atomic E-state index is -0.277. The van der Waals surface area contributed by atoms with E-state index < -0.39 is 0 Å². The van der Waals surface area contributed by atoms with Gasteiger partial charge in [0.1, 0.15) is 0 Å². The Morgan fingerprint density at radius 1 is 1.31 bits per heavy atom. The van der Waals surface area contributed by atoms with Crippen molar-refractivity contribution in [3.05, 3.63) is 64.3 Å². The molecule has 0 aromatic carbocycles. The molecule has 0 atom stereocenters. The fourth-order valence-corrected chi connectivity index (χ4v) is 1.46. The van der Waals surface area contributed by atoms with Crippen LogP contribution in [0.15, 0.2) is 47.7 Å². The van der Waals surface area contributed by atoms with Crippen LogP contribution in [0.4, 0.5) is 0 Å². The predicted octanol–water partition coefficient (Wildman–Crippen LogP) is 1.10. The third kappa shape index (κ3) is 2.06. The third-order valence-corrected chi connectivity index (χ3v) is 2.25. The Bertz CT molecular complexity index is 546. The van der Waals surface area contributed by atoms with E-state index in [1.54, 1.807) is 24.7 Å². The molecule has 0 saturated carbocycles. The lowest BCUT2D eigenvalue weighted by molar-refractivity contribution is 0.112. The Labute approximate surface area is 92.2 Å². The molecule has 2 aromatic heterocycles. The third-order valence-electron chi connectivity index (χ3n) is 2.25. The molecule has 0 amide bonds. The molecule has 2 rings (SSSR count). The summed E-state index contributed by atoms with van der Waals surface area (Å²) < 4.78 is 1.49. The second kappa shape index (κ2) is 4.53. The zero-order valence-electron chi connectivity index (χ0n) is 8.54. The van der Waals surface area contributed by atoms with E-state index in [1.807, 2.05) is 12.1 Å². The maximum atomic E-state index is 11.7. The highest BCUT2D eigenvalue weighted by Crippen LogP contribution is 1.98. The molecule has 2 heterocycles. The summed E-state index contributed by atoms with van der Waals surface area (Å²) in [5.74, 6) is 0. The number of carbonyl (C=O) groups excluding carboxylic acids is 1. The van der Waals surface area contributed by atoms with Gasteiger partial charge in [-0.05, 0) is 23.8 Å². The zero-order valence-corrected chi connectivity index (χ0v) is 8.54. The van der Waals surface area contributed by atoms with Crippen molar-refractivity contribution >= 4 is 6.29 Å². The summed E-state index contributed by atoms with van der Waals surface area (Å²) in [5, 5.41) is 0. The van der Waals surface area contributed by atoms with Crippen molar-refractivity contribution in [1.29, 1.82) is 0 Å². The molecule has 0 saturated heterocycles. The number of aldehydes is 1. The normalized spacial score (nSPS) is 10.0. The molecule has 4 nitrogen and oxygen atoms in total. The molecule has 0 aliphatic carbocycles. The molecule has 0 bridgehead atoms. The van der Waals surface area contributed by atoms with E-state index in [0.717, 1.165) is 5.56 Å². The van der Waals surface area contributed by atoms with Gasteiger partial charge in [-0.2, -0.15) is 0 Å². The average molecular weight is 214 g/mol. The highest BCUT2D eigenvalue weighted by molar-refractivity contribution is 5.73. The van der Waals surface area contributed by atoms with Crippen LogP contribution >= 0.6 is 0 Å². The van der Waals surface area contributed by atoms with Gasteiger partial charge in [0.05, 0.1) is 12.1 Å². The number of rotatable bonds is 3. The Balaban J connectivity index is 2.36. The van der Waals surface area contributed by atoms with Crippen molar-refractivity contribution < 1.29 is 4.79 Å². The molecule has 0 aliphatic rings. The van der Waals surface area contributed by atoms with Gasteiger partial charge >= 0.3 is 0 Å². The maximum Gasteiger partial charge on any atom is 0.261 e. The van der Waals surface area contributed by atoms with E-state index in [2.05, 4.69) is 4.98 Å². The molecular formula is C12H10N2O2. The van der Waals surface area contributed by atoms with Gasteiger partial charge < -0.3 is 4.57 Å². The van der Waals surface area contributed by atoms with Crippen LogP contribution in [0.5, 0.6) is 0 Å². The summed E-state index contributed by atoms with van der Waals surface area (Å²) in [6.07, 6.45) is 5.60. The van der Waals surface area contributed by atoms with E-state index >= 15 is 0 Å². The first-order chi connectivity index (χ1) is 7.81. The van der Waals surface area contributed by atoms with Gasteiger partial charge in [-0.25, -0.2) is 0 Å². The van der Waals surface area contributed by atoms with Crippen molar-refractivity contribution in [3.63, 3.8) is 0 Å². The SMILES string of the molecule is O=Cc1cccn(Cc2cccnc2)c1=O. The standard InChI is InChI=1S/C12H10N2O2/c15-9-11-4-2-6-14(12(11)16)8-10-3-1-5-13-7-10/h1-7,9H,8H2. The molecule has 80 valence electrons. The molecule has 16 heavy (non-hydrogen) atoms. The van der Waals surface area contributed by atoms with Gasteiger partial charge in [0, 0.05) is 18.6 Å². The zero-order chi connectivity index (χ0) is 11.4. The van der Waals surface area contributed by atoms with Crippen molar-refractivity contribution in [1.82, 2.24) is 9.55 Å². The highest BCUT2D eigenvalue weighted by Gasteiger charge is 2.02. The van der Waals surface area contributed by atoms with Gasteiger partial charge in [-0.15, -0.1) is 0 Å². The van der Waals surface area contributed by atoms with E-state index in [-0.39, 0.29) is 11.1 Å². The van der Waals surface area contributed by atoms with Crippen molar-refractivity contribution in [2.75, 3.05) is 0 Å². The predicted molar refractivity (Wildman–Crippen MR) is 59.4 cm³/mol. The van der Waals surface area contributed by atoms with E-state index in [9.17, 15) is 9.59 Å². The summed E-state index contributed by atoms with van der Waals surface area (Å²) in [7, 11) is 0. The second-order valence-corrected chi connectivity index (χ2v) is 3.38. The van der Waals surface area contributed by atoms with Crippen LogP contribution in [0.3, 0.4) is 0 Å². The lowest BCUT2D eigenvalue weighted by Gasteiger charge is -2.05. The molecule has 0 radical (unpaired) electrons. The molecule has 0 unspecified atom stereocenters. The Morgan fingerprint density at radius 2 is 2.19 bits per heavy atom. The largest absolute Gasteiger partial charge is 0.310 e. The van der Waals surface area contributed by atoms with Gasteiger partial charge in [-0.1, -0.05) is 6.07 Å². The topological polar surface area (TPSA) is 52.0 Å². The van der Waals surface area contributed by atoms with Crippen LogP contribution in [0, 0.1) is 0 Å². The highest BCUT2D eigenvalue weighted by atomic mass is 16.1. The minimum Gasteiger partial charge on any atom is -0.310 e. The maximum absolute atomic E-state index is 11.7. The van der Waals surface area contributed by atoms with Gasteiger partial charge in [-0.3, -0.25) is 14.6 Å². The first-order valence-corrected chi connectivity index (χ1v) is 4.85. The van der Waals surface area contributed by atoms with Crippen molar-refractivity contribution in [3.8, 4) is 0 Å². The first kappa shape index (κ1) is 10.3. The van der Waals surface area contributed by atoms with Crippen LogP contribution < -0.4 is 5.56 Å². The summed E-state index contributed by atoms with van der Waals surface area (Å²) in [5.41, 5.74) is 0.820. The summed E-state index contributed by atoms with van der Waals surface area (Å²) in [4.78, 5) is 26.3. The number of carbonyl (C=O) groups is 1. The second-order valence-electron chi connectivity index (χ2n) is 3.38. The van der Waals surface area contributed by atoms with Crippen LogP contribution in [0.25, 0.3) is 0 Å². The first-order valence-electron chi connectivity index (χ1n) is 4.85. The summed E-state index contributed by atoms with van der Waals surface area (Å²) in [6, 6.07) is 6.88. The summed E-state index contributed by atoms with van der Waals surface area (Å²) in [6.45, 7) is 0.425. The van der Waals surface area contributed by atoms with Crippen molar-refractivity contribution in [2.24, 2.45) is 0 Å². The van der Waals surface area contributed by atoms with Crippen LogP contribution in [0.1, 0.15) is 15.9 Å². The lowest BCUT2D eigenvalue weighted by atomic mass is 10.2. The molecule has 0 spiro atoms. The van der Waals surface area contributed by atoms with Gasteiger partial charge in [0.15, 0.2) is 6.29 Å². The molecule has 0 N–H and O–H groups in total. The fourth-order valence-electron chi connectivity index (χ4n) is 1.46. The lowest BCUT2D eigenvalue weighted by Crippen LogP contribution is -2.23. The molecule has 2 aromatic rings. The van der Waals surface area contributed by atoms with Crippen molar-refractivity contribution in [2.45, 2.75) is 6.54 Å². The van der Waals surface area contributed by atoms with Crippen LogP contribution in [-0.2, 0) is 6.54 Å². The Kier molecular flexibility index (Phi) is 2.91. The van der Waals surface area contributed by atoms with E-state index in [1.165, 1.54) is 10.6 Å². The smallest absolute Gasteiger partial charge is 0.261 e. The number of hydrogen-bond acceptors (Lipinski definition) is 3. The molecular weight excluding hydrogens is 204 g/mol. The number of aromatic nitrogens is 2. The van der Waals surface area contributed by atoms with Gasteiger partial charge in [0.25, 0.3) is 5.56 Å². The number of hydrogen-bond donors (Lipinski definition) is 0. The fraction of sp³-hybridized carbons (Fsp3) is 0.0833. The van der Waals surface area contributed by atoms with Crippen LogP contribution in [0.2, 0.25) is 0 Å². The molecule has 0 fully saturated rings. The Hall–Kier alpha value is -2.23. The molecule has 0 aliphatic heterocycles. The summed E-state index contributed by atoms with van der Waals surface area (Å²) >= 11 is 0. The van der Waals surface area contributed by atoms with Gasteiger partial charge in [0.2, 0.25) is 0 Å². The number of nitrogens with zero attached hydrogens (tertiary/aromatic N) is 2. The van der Waals surface area contributed by atoms with Crippen LogP contribution in [-0.4, -0.2) is 15.8 Å². The quantitative estimate of drug-likeness (QED) is 0.719. The van der Waals surface area contributed by atoms with E-state index in [0.29, 0.717) is 12.8 Å².